The first-order valence-corrected chi connectivity index (χ1v) is 8.47. The van der Waals surface area contributed by atoms with Crippen molar-refractivity contribution < 1.29 is 8.42 Å². The summed E-state index contributed by atoms with van der Waals surface area (Å²) in [5, 5.41) is 8.88. The number of hydrogen-bond acceptors (Lipinski definition) is 4. The molecule has 4 nitrogen and oxygen atoms in total. The third kappa shape index (κ3) is 4.33. The van der Waals surface area contributed by atoms with Crippen LogP contribution in [-0.4, -0.2) is 27.0 Å². The molecule has 0 heterocycles. The number of unbranched alkanes of at least 4 members (excludes halogenated alkanes) is 1. The molecular weight excluding hydrogens is 268 g/mol. The third-order valence-corrected chi connectivity index (χ3v) is 4.58. The maximum absolute atomic E-state index is 12.0. The molecule has 18 heavy (non-hydrogen) atoms. The van der Waals surface area contributed by atoms with E-state index < -0.39 is 10.0 Å². The summed E-state index contributed by atoms with van der Waals surface area (Å²) in [6.45, 7) is 0.405. The van der Waals surface area contributed by atoms with Gasteiger partial charge in [0.25, 0.3) is 0 Å². The van der Waals surface area contributed by atoms with Crippen LogP contribution in [0.2, 0.25) is 0 Å². The minimum absolute atomic E-state index is 0.0531. The molecular formula is C12H16N2O2S2. The van der Waals surface area contributed by atoms with E-state index in [1.165, 1.54) is 12.1 Å². The van der Waals surface area contributed by atoms with E-state index >= 15 is 0 Å². The number of nitrogens with zero attached hydrogens (tertiary/aromatic N) is 1. The predicted octanol–water partition coefficient (Wildman–Crippen LogP) is 1.98. The smallest absolute Gasteiger partial charge is 0.211 e. The van der Waals surface area contributed by atoms with Crippen molar-refractivity contribution >= 4 is 21.8 Å². The first-order chi connectivity index (χ1) is 8.61. The van der Waals surface area contributed by atoms with Gasteiger partial charge in [0.05, 0.1) is 10.5 Å². The van der Waals surface area contributed by atoms with Gasteiger partial charge in [-0.25, -0.2) is 13.1 Å². The first kappa shape index (κ1) is 15.0. The molecule has 6 heteroatoms. The van der Waals surface area contributed by atoms with Gasteiger partial charge in [-0.2, -0.15) is 17.0 Å². The monoisotopic (exact) mass is 284 g/mol. The highest BCUT2D eigenvalue weighted by Gasteiger charge is 2.16. The molecule has 1 aromatic rings. The van der Waals surface area contributed by atoms with Gasteiger partial charge in [-0.15, -0.1) is 0 Å². The zero-order valence-corrected chi connectivity index (χ0v) is 11.9. The molecule has 1 aromatic carbocycles. The van der Waals surface area contributed by atoms with E-state index in [9.17, 15) is 8.42 Å². The Morgan fingerprint density at radius 2 is 2.06 bits per heavy atom. The Hall–Kier alpha value is -1.03. The zero-order valence-electron chi connectivity index (χ0n) is 10.2. The van der Waals surface area contributed by atoms with Gasteiger partial charge in [0.1, 0.15) is 6.07 Å². The van der Waals surface area contributed by atoms with E-state index in [0.29, 0.717) is 6.54 Å². The minimum atomic E-state index is -3.57. The van der Waals surface area contributed by atoms with Crippen LogP contribution in [0.15, 0.2) is 29.2 Å². The van der Waals surface area contributed by atoms with Gasteiger partial charge in [-0.1, -0.05) is 12.1 Å². The molecule has 0 bridgehead atoms. The third-order valence-electron chi connectivity index (χ3n) is 2.36. The van der Waals surface area contributed by atoms with Crippen LogP contribution in [0.5, 0.6) is 0 Å². The number of nitrogens with one attached hydrogen (secondary N) is 1. The van der Waals surface area contributed by atoms with Gasteiger partial charge in [0, 0.05) is 6.54 Å². The summed E-state index contributed by atoms with van der Waals surface area (Å²) >= 11 is 1.74. The van der Waals surface area contributed by atoms with E-state index in [-0.39, 0.29) is 10.5 Å². The van der Waals surface area contributed by atoms with Crippen molar-refractivity contribution in [2.75, 3.05) is 18.6 Å². The Bertz CT molecular complexity index is 521. The SMILES string of the molecule is CSCCCCNS(=O)(=O)c1ccccc1C#N. The standard InChI is InChI=1S/C12H16N2O2S2/c1-17-9-5-4-8-14-18(15,16)12-7-3-2-6-11(12)10-13/h2-3,6-7,14H,4-5,8-9H2,1H3. The van der Waals surface area contributed by atoms with Gasteiger partial charge in [-0.05, 0) is 37.0 Å². The van der Waals surface area contributed by atoms with Gasteiger partial charge in [-0.3, -0.25) is 0 Å². The molecule has 0 aromatic heterocycles. The Kier molecular flexibility index (Phi) is 6.19. The van der Waals surface area contributed by atoms with Crippen LogP contribution in [0.3, 0.4) is 0 Å². The van der Waals surface area contributed by atoms with Crippen molar-refractivity contribution in [3.8, 4) is 6.07 Å². The Morgan fingerprint density at radius 1 is 1.33 bits per heavy atom. The number of sulfonamides is 1. The van der Waals surface area contributed by atoms with Gasteiger partial charge in [0.15, 0.2) is 0 Å². The lowest BCUT2D eigenvalue weighted by Gasteiger charge is -2.07. The number of benzene rings is 1. The molecule has 0 fully saturated rings. The molecule has 0 amide bonds. The average Bonchev–Trinajstić information content (AvgIpc) is 2.38. The van der Waals surface area contributed by atoms with Crippen molar-refractivity contribution in [1.82, 2.24) is 4.72 Å². The average molecular weight is 284 g/mol. The number of thioether (sulfide) groups is 1. The van der Waals surface area contributed by atoms with Crippen molar-refractivity contribution in [2.24, 2.45) is 0 Å². The summed E-state index contributed by atoms with van der Waals surface area (Å²) in [6, 6.07) is 8.10. The maximum atomic E-state index is 12.0. The van der Waals surface area contributed by atoms with E-state index in [2.05, 4.69) is 4.72 Å². The summed E-state index contributed by atoms with van der Waals surface area (Å²) in [6.07, 6.45) is 3.80. The fourth-order valence-corrected chi connectivity index (χ4v) is 3.17. The summed E-state index contributed by atoms with van der Waals surface area (Å²) in [4.78, 5) is 0.0531. The fourth-order valence-electron chi connectivity index (χ4n) is 1.45. The molecule has 0 saturated heterocycles. The second-order valence-electron chi connectivity index (χ2n) is 3.71. The molecule has 98 valence electrons. The van der Waals surface area contributed by atoms with Gasteiger partial charge < -0.3 is 0 Å². The summed E-state index contributed by atoms with van der Waals surface area (Å²) in [5.41, 5.74) is 0.175. The minimum Gasteiger partial charge on any atom is -0.211 e. The second-order valence-corrected chi connectivity index (χ2v) is 6.43. The highest BCUT2D eigenvalue weighted by molar-refractivity contribution is 7.98. The van der Waals surface area contributed by atoms with Crippen molar-refractivity contribution in [3.05, 3.63) is 29.8 Å². The van der Waals surface area contributed by atoms with Gasteiger partial charge in [0.2, 0.25) is 10.0 Å². The van der Waals surface area contributed by atoms with Gasteiger partial charge >= 0.3 is 0 Å². The molecule has 1 N–H and O–H groups in total. The molecule has 0 saturated carbocycles. The first-order valence-electron chi connectivity index (χ1n) is 5.59. The molecule has 0 atom stereocenters. The molecule has 0 aliphatic rings. The van der Waals surface area contributed by atoms with Crippen molar-refractivity contribution in [2.45, 2.75) is 17.7 Å². The predicted molar refractivity (Wildman–Crippen MR) is 74.0 cm³/mol. The lowest BCUT2D eigenvalue weighted by Crippen LogP contribution is -2.25. The molecule has 1 rings (SSSR count). The number of nitriles is 1. The second kappa shape index (κ2) is 7.41. The Balaban J connectivity index is 2.67. The molecule has 0 radical (unpaired) electrons. The lowest BCUT2D eigenvalue weighted by molar-refractivity contribution is 0.578. The highest BCUT2D eigenvalue weighted by atomic mass is 32.2. The highest BCUT2D eigenvalue weighted by Crippen LogP contribution is 2.14. The van der Waals surface area contributed by atoms with Crippen LogP contribution in [0.25, 0.3) is 0 Å². The normalized spacial score (nSPS) is 11.1. The van der Waals surface area contributed by atoms with E-state index in [1.54, 1.807) is 23.9 Å². The van der Waals surface area contributed by atoms with Crippen molar-refractivity contribution in [3.63, 3.8) is 0 Å². The quantitative estimate of drug-likeness (QED) is 0.777. The maximum Gasteiger partial charge on any atom is 0.241 e. The topological polar surface area (TPSA) is 70.0 Å². The van der Waals surface area contributed by atoms with E-state index in [4.69, 9.17) is 5.26 Å². The summed E-state index contributed by atoms with van der Waals surface area (Å²) in [5.74, 6) is 1.02. The fraction of sp³-hybridized carbons (Fsp3) is 0.417. The van der Waals surface area contributed by atoms with Crippen LogP contribution in [0, 0.1) is 11.3 Å². The van der Waals surface area contributed by atoms with E-state index in [0.717, 1.165) is 18.6 Å². The molecule has 0 spiro atoms. The van der Waals surface area contributed by atoms with Crippen LogP contribution in [0.1, 0.15) is 18.4 Å². The molecule has 0 aliphatic heterocycles. The number of rotatable bonds is 7. The molecule has 0 aliphatic carbocycles. The Morgan fingerprint density at radius 3 is 2.72 bits per heavy atom. The largest absolute Gasteiger partial charge is 0.241 e. The van der Waals surface area contributed by atoms with Crippen LogP contribution >= 0.6 is 11.8 Å². The Labute approximate surface area is 112 Å². The lowest BCUT2D eigenvalue weighted by atomic mass is 10.2. The van der Waals surface area contributed by atoms with Crippen LogP contribution in [0.4, 0.5) is 0 Å². The van der Waals surface area contributed by atoms with Crippen molar-refractivity contribution in [1.29, 1.82) is 5.26 Å². The molecule has 0 unspecified atom stereocenters. The zero-order chi connectivity index (χ0) is 13.4. The summed E-state index contributed by atoms with van der Waals surface area (Å²) < 4.78 is 26.5. The summed E-state index contributed by atoms with van der Waals surface area (Å²) in [7, 11) is -3.57. The van der Waals surface area contributed by atoms with Crippen LogP contribution < -0.4 is 4.72 Å². The van der Waals surface area contributed by atoms with E-state index in [1.807, 2.05) is 12.3 Å². The van der Waals surface area contributed by atoms with Crippen LogP contribution in [-0.2, 0) is 10.0 Å². The number of hydrogen-bond donors (Lipinski definition) is 1.